The molecule has 2 rings (SSSR count). The second-order valence-electron chi connectivity index (χ2n) is 5.43. The highest BCUT2D eigenvalue weighted by molar-refractivity contribution is 7.16. The molecular weight excluding hydrogens is 262 g/mol. The van der Waals surface area contributed by atoms with E-state index in [1.54, 1.807) is 6.07 Å². The third-order valence-electron chi connectivity index (χ3n) is 2.54. The zero-order chi connectivity index (χ0) is 14.0. The summed E-state index contributed by atoms with van der Waals surface area (Å²) in [6.07, 6.45) is 1.78. The number of hydrogen-bond donors (Lipinski definition) is 1. The van der Waals surface area contributed by atoms with Gasteiger partial charge in [-0.05, 0) is 32.2 Å². The van der Waals surface area contributed by atoms with E-state index in [-0.39, 0.29) is 23.4 Å². The highest BCUT2D eigenvalue weighted by Gasteiger charge is 2.14. The Labute approximate surface area is 115 Å². The van der Waals surface area contributed by atoms with Gasteiger partial charge in [0, 0.05) is 18.5 Å². The molecule has 0 fully saturated rings. The molecule has 0 unspecified atom stereocenters. The lowest BCUT2D eigenvalue weighted by atomic mass is 10.1. The predicted octanol–water partition coefficient (Wildman–Crippen LogP) is 1.76. The Bertz CT molecular complexity index is 652. The number of carbonyl (C=O) groups is 1. The summed E-state index contributed by atoms with van der Waals surface area (Å²) >= 11 is 1.44. The summed E-state index contributed by atoms with van der Waals surface area (Å²) in [6.45, 7) is 6.13. The Morgan fingerprint density at radius 1 is 1.47 bits per heavy atom. The molecule has 1 amide bonds. The quantitative estimate of drug-likeness (QED) is 0.931. The molecule has 2 aromatic rings. The molecule has 102 valence electrons. The van der Waals surface area contributed by atoms with E-state index in [9.17, 15) is 9.59 Å². The molecule has 2 heterocycles. The minimum absolute atomic E-state index is 0.0650. The van der Waals surface area contributed by atoms with Crippen molar-refractivity contribution < 1.29 is 4.79 Å². The lowest BCUT2D eigenvalue weighted by molar-refractivity contribution is -0.122. The average Bonchev–Trinajstić information content (AvgIpc) is 2.74. The van der Waals surface area contributed by atoms with Crippen LogP contribution in [0.2, 0.25) is 0 Å². The summed E-state index contributed by atoms with van der Waals surface area (Å²) in [7, 11) is 0. The second-order valence-corrected chi connectivity index (χ2v) is 6.33. The molecule has 0 saturated carbocycles. The SMILES string of the molecule is CC(C)(C)NC(=O)CCn1cnc2sccc2c1=O. The molecule has 0 aliphatic carbocycles. The van der Waals surface area contributed by atoms with Gasteiger partial charge < -0.3 is 5.32 Å². The maximum absolute atomic E-state index is 12.1. The van der Waals surface area contributed by atoms with Crippen LogP contribution in [-0.2, 0) is 11.3 Å². The molecular formula is C13H17N3O2S. The number of nitrogens with zero attached hydrogens (tertiary/aromatic N) is 2. The van der Waals surface area contributed by atoms with Gasteiger partial charge >= 0.3 is 0 Å². The minimum atomic E-state index is -0.252. The molecule has 5 nitrogen and oxygen atoms in total. The molecule has 0 atom stereocenters. The van der Waals surface area contributed by atoms with Crippen molar-refractivity contribution in [1.82, 2.24) is 14.9 Å². The summed E-state index contributed by atoms with van der Waals surface area (Å²) < 4.78 is 1.48. The number of carbonyl (C=O) groups excluding carboxylic acids is 1. The number of aromatic nitrogens is 2. The van der Waals surface area contributed by atoms with E-state index in [1.165, 1.54) is 22.2 Å². The summed E-state index contributed by atoms with van der Waals surface area (Å²) in [5, 5.41) is 5.33. The van der Waals surface area contributed by atoms with Gasteiger partial charge in [0.05, 0.1) is 11.7 Å². The zero-order valence-corrected chi connectivity index (χ0v) is 12.1. The predicted molar refractivity (Wildman–Crippen MR) is 76.4 cm³/mol. The molecule has 19 heavy (non-hydrogen) atoms. The van der Waals surface area contributed by atoms with Gasteiger partial charge in [-0.1, -0.05) is 0 Å². The number of amides is 1. The molecule has 0 aliphatic heterocycles. The lowest BCUT2D eigenvalue weighted by Crippen LogP contribution is -2.41. The number of nitrogens with one attached hydrogen (secondary N) is 1. The summed E-state index contributed by atoms with van der Waals surface area (Å²) in [5.74, 6) is -0.0650. The molecule has 1 N–H and O–H groups in total. The van der Waals surface area contributed by atoms with Crippen LogP contribution >= 0.6 is 11.3 Å². The standard InChI is InChI=1S/C13H17N3O2S/c1-13(2,3)15-10(17)4-6-16-8-14-11-9(12(16)18)5-7-19-11/h5,7-8H,4,6H2,1-3H3,(H,15,17). The van der Waals surface area contributed by atoms with Crippen molar-refractivity contribution in [2.75, 3.05) is 0 Å². The van der Waals surface area contributed by atoms with Gasteiger partial charge in [-0.15, -0.1) is 11.3 Å². The van der Waals surface area contributed by atoms with Crippen LogP contribution in [0.15, 0.2) is 22.6 Å². The fraction of sp³-hybridized carbons (Fsp3) is 0.462. The van der Waals surface area contributed by atoms with E-state index in [4.69, 9.17) is 0 Å². The molecule has 0 saturated heterocycles. The van der Waals surface area contributed by atoms with Gasteiger partial charge in [-0.25, -0.2) is 4.98 Å². The van der Waals surface area contributed by atoms with E-state index >= 15 is 0 Å². The maximum Gasteiger partial charge on any atom is 0.262 e. The molecule has 2 aromatic heterocycles. The van der Waals surface area contributed by atoms with E-state index < -0.39 is 0 Å². The smallest absolute Gasteiger partial charge is 0.262 e. The van der Waals surface area contributed by atoms with Gasteiger partial charge in [-0.2, -0.15) is 0 Å². The zero-order valence-electron chi connectivity index (χ0n) is 11.3. The van der Waals surface area contributed by atoms with Crippen molar-refractivity contribution in [3.8, 4) is 0 Å². The van der Waals surface area contributed by atoms with Gasteiger partial charge in [0.2, 0.25) is 5.91 Å². The Kier molecular flexibility index (Phi) is 3.71. The fourth-order valence-electron chi connectivity index (χ4n) is 1.76. The number of fused-ring (bicyclic) bond motifs is 1. The van der Waals surface area contributed by atoms with Gasteiger partial charge in [0.25, 0.3) is 5.56 Å². The highest BCUT2D eigenvalue weighted by Crippen LogP contribution is 2.13. The van der Waals surface area contributed by atoms with Crippen LogP contribution in [0.1, 0.15) is 27.2 Å². The van der Waals surface area contributed by atoms with Crippen LogP contribution in [-0.4, -0.2) is 21.0 Å². The van der Waals surface area contributed by atoms with Crippen molar-refractivity contribution in [2.45, 2.75) is 39.3 Å². The molecule has 0 aliphatic rings. The van der Waals surface area contributed by atoms with Crippen LogP contribution < -0.4 is 10.9 Å². The molecule has 0 aromatic carbocycles. The average molecular weight is 279 g/mol. The first-order valence-corrected chi connectivity index (χ1v) is 6.98. The molecule has 6 heteroatoms. The Hall–Kier alpha value is -1.69. The third-order valence-corrected chi connectivity index (χ3v) is 3.37. The first-order valence-electron chi connectivity index (χ1n) is 6.10. The maximum atomic E-state index is 12.1. The van der Waals surface area contributed by atoms with E-state index in [0.29, 0.717) is 11.9 Å². The van der Waals surface area contributed by atoms with Gasteiger partial charge in [0.1, 0.15) is 4.83 Å². The minimum Gasteiger partial charge on any atom is -0.351 e. The topological polar surface area (TPSA) is 64.0 Å². The van der Waals surface area contributed by atoms with Crippen LogP contribution in [0.4, 0.5) is 0 Å². The molecule has 0 bridgehead atoms. The first kappa shape index (κ1) is 13.7. The number of thiophene rings is 1. The Balaban J connectivity index is 2.08. The van der Waals surface area contributed by atoms with E-state index in [1.807, 2.05) is 26.2 Å². The van der Waals surface area contributed by atoms with Crippen molar-refractivity contribution in [1.29, 1.82) is 0 Å². The van der Waals surface area contributed by atoms with Crippen LogP contribution in [0, 0.1) is 0 Å². The number of aryl methyl sites for hydroxylation is 1. The van der Waals surface area contributed by atoms with Crippen molar-refractivity contribution >= 4 is 27.5 Å². The molecule has 0 spiro atoms. The number of hydrogen-bond acceptors (Lipinski definition) is 4. The monoisotopic (exact) mass is 279 g/mol. The summed E-state index contributed by atoms with van der Waals surface area (Å²) in [5.41, 5.74) is -0.341. The van der Waals surface area contributed by atoms with Crippen LogP contribution in [0.25, 0.3) is 10.2 Å². The van der Waals surface area contributed by atoms with Crippen LogP contribution in [0.3, 0.4) is 0 Å². The van der Waals surface area contributed by atoms with Crippen molar-refractivity contribution in [3.63, 3.8) is 0 Å². The first-order chi connectivity index (χ1) is 8.87. The largest absolute Gasteiger partial charge is 0.351 e. The number of rotatable bonds is 3. The summed E-state index contributed by atoms with van der Waals surface area (Å²) in [6, 6.07) is 1.76. The van der Waals surface area contributed by atoms with Crippen molar-refractivity contribution in [2.24, 2.45) is 0 Å². The third kappa shape index (κ3) is 3.41. The fourth-order valence-corrected chi connectivity index (χ4v) is 2.48. The van der Waals surface area contributed by atoms with Gasteiger partial charge in [0.15, 0.2) is 0 Å². The highest BCUT2D eigenvalue weighted by atomic mass is 32.1. The lowest BCUT2D eigenvalue weighted by Gasteiger charge is -2.20. The van der Waals surface area contributed by atoms with E-state index in [0.717, 1.165) is 4.83 Å². The van der Waals surface area contributed by atoms with Crippen LogP contribution in [0.5, 0.6) is 0 Å². The normalized spacial score (nSPS) is 11.7. The van der Waals surface area contributed by atoms with Crippen molar-refractivity contribution in [3.05, 3.63) is 28.1 Å². The Morgan fingerprint density at radius 3 is 2.89 bits per heavy atom. The second kappa shape index (κ2) is 5.13. The van der Waals surface area contributed by atoms with Gasteiger partial charge in [-0.3, -0.25) is 14.2 Å². The summed E-state index contributed by atoms with van der Waals surface area (Å²) in [4.78, 5) is 28.7. The Morgan fingerprint density at radius 2 is 2.21 bits per heavy atom. The molecule has 0 radical (unpaired) electrons. The van der Waals surface area contributed by atoms with E-state index in [2.05, 4.69) is 10.3 Å².